The summed E-state index contributed by atoms with van der Waals surface area (Å²) in [6.45, 7) is 11.3. The standard InChI is InChI=1S/C35H64N2O6/c1-6-7-8-9-10-11-12-13-14-15-16-17-18-19-21-24-30(38)36-26-22-20-23-28-41-31(39)25-27-37-33(40)32-34(2,3)29-42-35(4,5)43-32/h13-14,32H,6-12,15-29H2,1-5H3,(H,36,38)(H,37,40). The molecule has 8 heteroatoms. The zero-order valence-corrected chi connectivity index (χ0v) is 28.2. The van der Waals surface area contributed by atoms with Crippen LogP contribution in [0.15, 0.2) is 12.2 Å². The molecule has 8 nitrogen and oxygen atoms in total. The van der Waals surface area contributed by atoms with E-state index in [2.05, 4.69) is 29.7 Å². The largest absolute Gasteiger partial charge is 0.466 e. The SMILES string of the molecule is CCCCCCCCC=CCCCCCCCC(=O)NCCCCCOC(=O)CCNC(=O)C1OC(C)(C)OCC1(C)C. The maximum Gasteiger partial charge on any atom is 0.307 e. The molecule has 1 saturated heterocycles. The van der Waals surface area contributed by atoms with Gasteiger partial charge in [0.25, 0.3) is 0 Å². The molecule has 0 aromatic heterocycles. The normalized spacial score (nSPS) is 17.6. The number of unbranched alkanes of at least 4 members (excludes halogenated alkanes) is 13. The van der Waals surface area contributed by atoms with E-state index in [0.717, 1.165) is 32.1 Å². The Labute approximate surface area is 262 Å². The monoisotopic (exact) mass is 608 g/mol. The fourth-order valence-corrected chi connectivity index (χ4v) is 5.04. The average Bonchev–Trinajstić information content (AvgIpc) is 2.96. The predicted octanol–water partition coefficient (Wildman–Crippen LogP) is 7.54. The Morgan fingerprint density at radius 1 is 0.744 bits per heavy atom. The molecule has 1 aliphatic heterocycles. The van der Waals surface area contributed by atoms with E-state index in [0.29, 0.717) is 26.2 Å². The lowest BCUT2D eigenvalue weighted by molar-refractivity contribution is -0.304. The Kier molecular flexibility index (Phi) is 21.3. The van der Waals surface area contributed by atoms with Gasteiger partial charge < -0.3 is 24.8 Å². The lowest BCUT2D eigenvalue weighted by Crippen LogP contribution is -2.56. The fraction of sp³-hybridized carbons (Fsp3) is 0.857. The van der Waals surface area contributed by atoms with Crippen LogP contribution < -0.4 is 10.6 Å². The number of amides is 2. The van der Waals surface area contributed by atoms with Crippen molar-refractivity contribution in [2.24, 2.45) is 5.41 Å². The summed E-state index contributed by atoms with van der Waals surface area (Å²) in [4.78, 5) is 36.6. The third kappa shape index (κ3) is 20.6. The van der Waals surface area contributed by atoms with Crippen LogP contribution in [0.5, 0.6) is 0 Å². The number of carbonyl (C=O) groups is 3. The Morgan fingerprint density at radius 3 is 2.02 bits per heavy atom. The molecule has 0 spiro atoms. The molecule has 1 unspecified atom stereocenters. The van der Waals surface area contributed by atoms with Gasteiger partial charge in [0, 0.05) is 24.9 Å². The van der Waals surface area contributed by atoms with Crippen LogP contribution in [0.2, 0.25) is 0 Å². The summed E-state index contributed by atoms with van der Waals surface area (Å²) in [5.74, 6) is -1.26. The molecular formula is C35H64N2O6. The predicted molar refractivity (Wildman–Crippen MR) is 174 cm³/mol. The van der Waals surface area contributed by atoms with Crippen LogP contribution in [0.25, 0.3) is 0 Å². The molecule has 250 valence electrons. The molecule has 1 aliphatic rings. The minimum atomic E-state index is -0.816. The van der Waals surface area contributed by atoms with Crippen LogP contribution in [-0.2, 0) is 28.6 Å². The van der Waals surface area contributed by atoms with Gasteiger partial charge >= 0.3 is 5.97 Å². The lowest BCUT2D eigenvalue weighted by atomic mass is 9.85. The van der Waals surface area contributed by atoms with Crippen molar-refractivity contribution >= 4 is 17.8 Å². The topological polar surface area (TPSA) is 103 Å². The van der Waals surface area contributed by atoms with Crippen LogP contribution >= 0.6 is 0 Å². The quantitative estimate of drug-likeness (QED) is 0.0631. The summed E-state index contributed by atoms with van der Waals surface area (Å²) < 4.78 is 16.7. The first kappa shape index (κ1) is 39.1. The van der Waals surface area contributed by atoms with E-state index in [1.807, 2.05) is 13.8 Å². The number of esters is 1. The molecule has 0 aromatic carbocycles. The van der Waals surface area contributed by atoms with Crippen LogP contribution in [0.4, 0.5) is 0 Å². The summed E-state index contributed by atoms with van der Waals surface area (Å²) in [7, 11) is 0. The highest BCUT2D eigenvalue weighted by atomic mass is 16.7. The van der Waals surface area contributed by atoms with Crippen molar-refractivity contribution < 1.29 is 28.6 Å². The highest BCUT2D eigenvalue weighted by Crippen LogP contribution is 2.34. The minimum absolute atomic E-state index is 0.116. The molecule has 0 radical (unpaired) electrons. The summed E-state index contributed by atoms with van der Waals surface area (Å²) in [5, 5.41) is 5.78. The van der Waals surface area contributed by atoms with Crippen LogP contribution in [0, 0.1) is 5.41 Å². The molecule has 0 aliphatic carbocycles. The van der Waals surface area contributed by atoms with Crippen LogP contribution in [0.3, 0.4) is 0 Å². The highest BCUT2D eigenvalue weighted by Gasteiger charge is 2.45. The van der Waals surface area contributed by atoms with E-state index in [-0.39, 0.29) is 30.7 Å². The number of carbonyl (C=O) groups excluding carboxylic acids is 3. The van der Waals surface area contributed by atoms with Gasteiger partial charge in [-0.25, -0.2) is 0 Å². The molecule has 43 heavy (non-hydrogen) atoms. The Hall–Kier alpha value is -1.93. The number of ether oxygens (including phenoxy) is 3. The Bertz CT molecular complexity index is 795. The van der Waals surface area contributed by atoms with Crippen molar-refractivity contribution in [2.45, 2.75) is 162 Å². The van der Waals surface area contributed by atoms with Gasteiger partial charge in [0.05, 0.1) is 19.6 Å². The minimum Gasteiger partial charge on any atom is -0.466 e. The summed E-state index contributed by atoms with van der Waals surface area (Å²) in [6.07, 6.45) is 23.6. The van der Waals surface area contributed by atoms with E-state index < -0.39 is 17.3 Å². The molecule has 1 fully saturated rings. The summed E-state index contributed by atoms with van der Waals surface area (Å²) >= 11 is 0. The van der Waals surface area contributed by atoms with Gasteiger partial charge in [0.1, 0.15) is 6.10 Å². The number of rotatable bonds is 25. The average molecular weight is 609 g/mol. The molecule has 0 saturated carbocycles. The van der Waals surface area contributed by atoms with Gasteiger partial charge in [0.15, 0.2) is 5.79 Å². The number of hydrogen-bond donors (Lipinski definition) is 2. The smallest absolute Gasteiger partial charge is 0.307 e. The number of nitrogens with one attached hydrogen (secondary N) is 2. The second-order valence-electron chi connectivity index (χ2n) is 13.2. The van der Waals surface area contributed by atoms with Gasteiger partial charge in [0.2, 0.25) is 11.8 Å². The van der Waals surface area contributed by atoms with E-state index in [1.165, 1.54) is 70.6 Å². The molecular weight excluding hydrogens is 544 g/mol. The molecule has 2 N–H and O–H groups in total. The van der Waals surface area contributed by atoms with Crippen LogP contribution in [-0.4, -0.2) is 56.0 Å². The molecule has 1 rings (SSSR count). The molecule has 1 atom stereocenters. The van der Waals surface area contributed by atoms with Crippen LogP contribution in [0.1, 0.15) is 150 Å². The van der Waals surface area contributed by atoms with Crippen molar-refractivity contribution in [1.29, 1.82) is 0 Å². The van der Waals surface area contributed by atoms with E-state index in [9.17, 15) is 14.4 Å². The third-order valence-electron chi connectivity index (χ3n) is 7.84. The summed E-state index contributed by atoms with van der Waals surface area (Å²) in [5.41, 5.74) is -0.455. The first-order valence-electron chi connectivity index (χ1n) is 17.2. The van der Waals surface area contributed by atoms with E-state index in [4.69, 9.17) is 14.2 Å². The van der Waals surface area contributed by atoms with Crippen molar-refractivity contribution in [1.82, 2.24) is 10.6 Å². The van der Waals surface area contributed by atoms with Crippen molar-refractivity contribution in [2.75, 3.05) is 26.3 Å². The second-order valence-corrected chi connectivity index (χ2v) is 13.2. The molecule has 0 aromatic rings. The fourth-order valence-electron chi connectivity index (χ4n) is 5.04. The van der Waals surface area contributed by atoms with E-state index in [1.54, 1.807) is 13.8 Å². The zero-order chi connectivity index (χ0) is 31.8. The Morgan fingerprint density at radius 2 is 1.35 bits per heavy atom. The lowest BCUT2D eigenvalue weighted by Gasteiger charge is -2.44. The van der Waals surface area contributed by atoms with E-state index >= 15 is 0 Å². The van der Waals surface area contributed by atoms with Gasteiger partial charge in [-0.05, 0) is 65.2 Å². The molecule has 0 bridgehead atoms. The highest BCUT2D eigenvalue weighted by molar-refractivity contribution is 5.82. The number of allylic oxidation sites excluding steroid dienone is 2. The van der Waals surface area contributed by atoms with Crippen molar-refractivity contribution in [3.63, 3.8) is 0 Å². The van der Waals surface area contributed by atoms with Crippen molar-refractivity contribution in [3.8, 4) is 0 Å². The first-order valence-corrected chi connectivity index (χ1v) is 17.2. The summed E-state index contributed by atoms with van der Waals surface area (Å²) in [6, 6.07) is 0. The zero-order valence-electron chi connectivity index (χ0n) is 28.2. The van der Waals surface area contributed by atoms with Gasteiger partial charge in [-0.15, -0.1) is 0 Å². The van der Waals surface area contributed by atoms with Gasteiger partial charge in [-0.3, -0.25) is 14.4 Å². The van der Waals surface area contributed by atoms with Gasteiger partial charge in [-0.2, -0.15) is 0 Å². The third-order valence-corrected chi connectivity index (χ3v) is 7.84. The second kappa shape index (κ2) is 23.5. The van der Waals surface area contributed by atoms with Crippen molar-refractivity contribution in [3.05, 3.63) is 12.2 Å². The Balaban J connectivity index is 1.90. The molecule has 2 amide bonds. The molecule has 1 heterocycles. The maximum absolute atomic E-state index is 12.6. The number of hydrogen-bond acceptors (Lipinski definition) is 6. The van der Waals surface area contributed by atoms with Gasteiger partial charge in [-0.1, -0.05) is 84.3 Å². The maximum atomic E-state index is 12.6. The first-order chi connectivity index (χ1) is 20.6.